The number of carbonyl (C=O) groups is 1. The largest absolute Gasteiger partial charge is 0.493 e. The molecule has 0 unspecified atom stereocenters. The van der Waals surface area contributed by atoms with Gasteiger partial charge in [0.2, 0.25) is 0 Å². The zero-order chi connectivity index (χ0) is 19.8. The maximum atomic E-state index is 12.4. The highest BCUT2D eigenvalue weighted by Crippen LogP contribution is 2.29. The van der Waals surface area contributed by atoms with Gasteiger partial charge in [-0.3, -0.25) is 4.79 Å². The average molecular weight is 420 g/mol. The minimum Gasteiger partial charge on any atom is -0.493 e. The zero-order valence-corrected chi connectivity index (χ0v) is 15.8. The summed E-state index contributed by atoms with van der Waals surface area (Å²) in [6, 6.07) is 8.93. The second-order valence-corrected chi connectivity index (χ2v) is 6.12. The Labute approximate surface area is 165 Å². The fourth-order valence-corrected chi connectivity index (χ4v) is 2.62. The van der Waals surface area contributed by atoms with Gasteiger partial charge in [0.15, 0.2) is 11.5 Å². The Hall–Kier alpha value is -2.25. The smallest absolute Gasteiger partial charge is 0.387 e. The molecule has 1 N–H and O–H groups in total. The molecule has 0 atom stereocenters. The van der Waals surface area contributed by atoms with Gasteiger partial charge in [0.05, 0.1) is 18.7 Å². The molecular formula is C18H17Cl2F2NO4. The lowest BCUT2D eigenvalue weighted by molar-refractivity contribution is -0.0512. The molecule has 0 saturated carbocycles. The van der Waals surface area contributed by atoms with Crippen LogP contribution in [-0.4, -0.2) is 32.8 Å². The number of benzene rings is 2. The first-order chi connectivity index (χ1) is 12.9. The highest BCUT2D eigenvalue weighted by atomic mass is 35.5. The molecule has 0 heterocycles. The Balaban J connectivity index is 1.83. The van der Waals surface area contributed by atoms with E-state index in [4.69, 9.17) is 32.7 Å². The van der Waals surface area contributed by atoms with E-state index in [0.29, 0.717) is 35.4 Å². The third-order valence-electron chi connectivity index (χ3n) is 3.40. The number of alkyl halides is 2. The Bertz CT molecular complexity index is 790. The van der Waals surface area contributed by atoms with E-state index < -0.39 is 12.5 Å². The molecule has 0 radical (unpaired) electrons. The Morgan fingerprint density at radius 1 is 1.11 bits per heavy atom. The Morgan fingerprint density at radius 2 is 1.85 bits per heavy atom. The van der Waals surface area contributed by atoms with Crippen molar-refractivity contribution >= 4 is 29.1 Å². The van der Waals surface area contributed by atoms with Gasteiger partial charge in [-0.1, -0.05) is 23.2 Å². The van der Waals surface area contributed by atoms with Gasteiger partial charge in [0, 0.05) is 17.1 Å². The number of nitrogens with one attached hydrogen (secondary N) is 1. The monoisotopic (exact) mass is 419 g/mol. The van der Waals surface area contributed by atoms with E-state index in [-0.39, 0.29) is 17.1 Å². The first-order valence-electron chi connectivity index (χ1n) is 7.89. The molecule has 5 nitrogen and oxygen atoms in total. The van der Waals surface area contributed by atoms with Crippen LogP contribution < -0.4 is 19.5 Å². The van der Waals surface area contributed by atoms with Gasteiger partial charge in [-0.05, 0) is 42.8 Å². The molecule has 9 heteroatoms. The van der Waals surface area contributed by atoms with Crippen LogP contribution >= 0.6 is 23.2 Å². The summed E-state index contributed by atoms with van der Waals surface area (Å²) in [5.41, 5.74) is 0.174. The van der Waals surface area contributed by atoms with Crippen molar-refractivity contribution in [2.45, 2.75) is 13.0 Å². The molecule has 0 spiro atoms. The number of rotatable bonds is 9. The number of carbonyl (C=O) groups excluding carboxylic acids is 1. The predicted octanol–water partition coefficient (Wildman–Crippen LogP) is 4.80. The first-order valence-corrected chi connectivity index (χ1v) is 8.65. The SMILES string of the molecule is COc1ccc(C(=O)NCCCOc2ccc(Cl)cc2Cl)cc1OC(F)F. The number of hydrogen-bond acceptors (Lipinski definition) is 4. The summed E-state index contributed by atoms with van der Waals surface area (Å²) in [6.45, 7) is -2.38. The standard InChI is InChI=1S/C18H17Cl2F2NO4/c1-25-15-5-3-11(9-16(15)27-18(21)22)17(24)23-7-2-8-26-14-6-4-12(19)10-13(14)20/h3-6,9-10,18H,2,7-8H2,1H3,(H,23,24). The van der Waals surface area contributed by atoms with E-state index in [0.717, 1.165) is 0 Å². The number of amides is 1. The molecule has 0 aliphatic carbocycles. The molecule has 0 saturated heterocycles. The molecule has 27 heavy (non-hydrogen) atoms. The van der Waals surface area contributed by atoms with Gasteiger partial charge in [-0.2, -0.15) is 8.78 Å². The summed E-state index contributed by atoms with van der Waals surface area (Å²) < 4.78 is 39.7. The summed E-state index contributed by atoms with van der Waals surface area (Å²) >= 11 is 11.8. The maximum absolute atomic E-state index is 12.4. The molecule has 146 valence electrons. The average Bonchev–Trinajstić information content (AvgIpc) is 2.62. The molecule has 2 aromatic rings. The normalized spacial score (nSPS) is 10.6. The minimum atomic E-state index is -3.02. The zero-order valence-electron chi connectivity index (χ0n) is 14.3. The molecule has 2 rings (SSSR count). The quantitative estimate of drug-likeness (QED) is 0.592. The van der Waals surface area contributed by atoms with Crippen LogP contribution in [0.5, 0.6) is 17.2 Å². The second kappa shape index (κ2) is 10.2. The van der Waals surface area contributed by atoms with E-state index in [9.17, 15) is 13.6 Å². The lowest BCUT2D eigenvalue weighted by Gasteiger charge is -2.12. The summed E-state index contributed by atoms with van der Waals surface area (Å²) in [7, 11) is 1.32. The van der Waals surface area contributed by atoms with Crippen LogP contribution in [0.25, 0.3) is 0 Å². The number of methoxy groups -OCH3 is 1. The lowest BCUT2D eigenvalue weighted by atomic mass is 10.2. The van der Waals surface area contributed by atoms with Gasteiger partial charge in [-0.15, -0.1) is 0 Å². The summed E-state index contributed by atoms with van der Waals surface area (Å²) in [4.78, 5) is 12.1. The predicted molar refractivity (Wildman–Crippen MR) is 98.5 cm³/mol. The molecule has 0 fully saturated rings. The lowest BCUT2D eigenvalue weighted by Crippen LogP contribution is -2.25. The summed E-state index contributed by atoms with van der Waals surface area (Å²) in [5, 5.41) is 3.58. The number of ether oxygens (including phenoxy) is 3. The number of halogens is 4. The first kappa shape index (κ1) is 21.1. The van der Waals surface area contributed by atoms with Crippen LogP contribution in [0.15, 0.2) is 36.4 Å². The van der Waals surface area contributed by atoms with Crippen molar-refractivity contribution in [3.05, 3.63) is 52.0 Å². The molecule has 2 aromatic carbocycles. The van der Waals surface area contributed by atoms with Crippen molar-refractivity contribution in [2.24, 2.45) is 0 Å². The van der Waals surface area contributed by atoms with Crippen LogP contribution in [-0.2, 0) is 0 Å². The van der Waals surface area contributed by atoms with Crippen LogP contribution in [0.2, 0.25) is 10.0 Å². The fraction of sp³-hybridized carbons (Fsp3) is 0.278. The summed E-state index contributed by atoms with van der Waals surface area (Å²) in [6.07, 6.45) is 0.515. The fourth-order valence-electron chi connectivity index (χ4n) is 2.16. The van der Waals surface area contributed by atoms with Crippen molar-refractivity contribution in [1.29, 1.82) is 0 Å². The van der Waals surface area contributed by atoms with E-state index in [2.05, 4.69) is 10.1 Å². The van der Waals surface area contributed by atoms with Crippen molar-refractivity contribution in [3.63, 3.8) is 0 Å². The molecular weight excluding hydrogens is 403 g/mol. The van der Waals surface area contributed by atoms with Gasteiger partial charge in [0.25, 0.3) is 5.91 Å². The molecule has 0 aliphatic rings. The molecule has 1 amide bonds. The highest BCUT2D eigenvalue weighted by molar-refractivity contribution is 6.35. The van der Waals surface area contributed by atoms with Crippen LogP contribution in [0.4, 0.5) is 8.78 Å². The van der Waals surface area contributed by atoms with Gasteiger partial charge >= 0.3 is 6.61 Å². The van der Waals surface area contributed by atoms with Crippen LogP contribution in [0.3, 0.4) is 0 Å². The third kappa shape index (κ3) is 6.45. The maximum Gasteiger partial charge on any atom is 0.387 e. The summed E-state index contributed by atoms with van der Waals surface area (Å²) in [5.74, 6) is -0.0291. The van der Waals surface area contributed by atoms with Crippen molar-refractivity contribution in [2.75, 3.05) is 20.3 Å². The van der Waals surface area contributed by atoms with Gasteiger partial charge in [-0.25, -0.2) is 0 Å². The van der Waals surface area contributed by atoms with Crippen molar-refractivity contribution in [3.8, 4) is 17.2 Å². The Morgan fingerprint density at radius 3 is 2.52 bits per heavy atom. The van der Waals surface area contributed by atoms with Crippen molar-refractivity contribution < 1.29 is 27.8 Å². The van der Waals surface area contributed by atoms with Crippen LogP contribution in [0.1, 0.15) is 16.8 Å². The van der Waals surface area contributed by atoms with Crippen LogP contribution in [0, 0.1) is 0 Å². The number of hydrogen-bond donors (Lipinski definition) is 1. The Kier molecular flexibility index (Phi) is 7.94. The minimum absolute atomic E-state index is 0.111. The van der Waals surface area contributed by atoms with E-state index in [1.54, 1.807) is 18.2 Å². The van der Waals surface area contributed by atoms with E-state index in [1.165, 1.54) is 25.3 Å². The topological polar surface area (TPSA) is 56.8 Å². The molecule has 0 aliphatic heterocycles. The van der Waals surface area contributed by atoms with E-state index >= 15 is 0 Å². The van der Waals surface area contributed by atoms with Gasteiger partial charge in [0.1, 0.15) is 5.75 Å². The highest BCUT2D eigenvalue weighted by Gasteiger charge is 2.14. The van der Waals surface area contributed by atoms with Gasteiger partial charge < -0.3 is 19.5 Å². The second-order valence-electron chi connectivity index (χ2n) is 5.28. The molecule has 0 aromatic heterocycles. The van der Waals surface area contributed by atoms with Crippen molar-refractivity contribution in [1.82, 2.24) is 5.32 Å². The van der Waals surface area contributed by atoms with E-state index in [1.807, 2.05) is 0 Å². The molecule has 0 bridgehead atoms. The third-order valence-corrected chi connectivity index (χ3v) is 3.93.